The first-order chi connectivity index (χ1) is 15.7. The summed E-state index contributed by atoms with van der Waals surface area (Å²) < 4.78 is 25.7. The molecule has 3 aromatic carbocycles. The molecule has 0 radical (unpaired) electrons. The largest absolute Gasteiger partial charge is 0.352 e. The average Bonchev–Trinajstić information content (AvgIpc) is 2.78. The molecule has 0 unspecified atom stereocenters. The van der Waals surface area contributed by atoms with Crippen molar-refractivity contribution in [3.63, 3.8) is 0 Å². The number of hydrogen-bond donors (Lipinski definition) is 2. The Morgan fingerprint density at radius 2 is 1.61 bits per heavy atom. The SMILES string of the molecule is Cc1cccc(N(CC(=O)Nc2ccccc2C(=O)NCCc2ccccc2)S(C)(=O)=O)c1. The Labute approximate surface area is 194 Å². The first kappa shape index (κ1) is 24.0. The number of nitrogens with one attached hydrogen (secondary N) is 2. The van der Waals surface area contributed by atoms with Gasteiger partial charge in [-0.15, -0.1) is 0 Å². The van der Waals surface area contributed by atoms with Crippen LogP contribution < -0.4 is 14.9 Å². The van der Waals surface area contributed by atoms with E-state index in [4.69, 9.17) is 0 Å². The van der Waals surface area contributed by atoms with Gasteiger partial charge in [-0.2, -0.15) is 0 Å². The smallest absolute Gasteiger partial charge is 0.253 e. The highest BCUT2D eigenvalue weighted by molar-refractivity contribution is 7.92. The quantitative estimate of drug-likeness (QED) is 0.507. The number of anilines is 2. The molecule has 0 aliphatic rings. The van der Waals surface area contributed by atoms with Crippen LogP contribution in [0.25, 0.3) is 0 Å². The molecule has 33 heavy (non-hydrogen) atoms. The van der Waals surface area contributed by atoms with Crippen LogP contribution >= 0.6 is 0 Å². The Balaban J connectivity index is 1.68. The number of benzene rings is 3. The third-order valence-electron chi connectivity index (χ3n) is 4.97. The van der Waals surface area contributed by atoms with Crippen LogP contribution in [0.1, 0.15) is 21.5 Å². The van der Waals surface area contributed by atoms with E-state index in [9.17, 15) is 18.0 Å². The van der Waals surface area contributed by atoms with E-state index in [1.807, 2.05) is 43.3 Å². The van der Waals surface area contributed by atoms with E-state index in [0.29, 0.717) is 29.9 Å². The third-order valence-corrected chi connectivity index (χ3v) is 6.11. The molecular formula is C25H27N3O4S. The first-order valence-corrected chi connectivity index (χ1v) is 12.3. The minimum absolute atomic E-state index is 0.306. The molecule has 0 atom stereocenters. The molecule has 8 heteroatoms. The maximum atomic E-state index is 12.8. The fourth-order valence-corrected chi connectivity index (χ4v) is 4.20. The average molecular weight is 466 g/mol. The van der Waals surface area contributed by atoms with Crippen molar-refractivity contribution in [3.05, 3.63) is 95.6 Å². The van der Waals surface area contributed by atoms with Crippen molar-refractivity contribution in [1.29, 1.82) is 0 Å². The number of para-hydroxylation sites is 1. The van der Waals surface area contributed by atoms with Gasteiger partial charge in [-0.25, -0.2) is 8.42 Å². The van der Waals surface area contributed by atoms with Crippen LogP contribution in [-0.2, 0) is 21.2 Å². The topological polar surface area (TPSA) is 95.6 Å². The lowest BCUT2D eigenvalue weighted by Crippen LogP contribution is -2.37. The van der Waals surface area contributed by atoms with Crippen molar-refractivity contribution in [3.8, 4) is 0 Å². The normalized spacial score (nSPS) is 11.0. The van der Waals surface area contributed by atoms with Crippen LogP contribution in [0.3, 0.4) is 0 Å². The second kappa shape index (κ2) is 10.8. The van der Waals surface area contributed by atoms with Crippen molar-refractivity contribution in [2.24, 2.45) is 0 Å². The molecule has 0 saturated heterocycles. The maximum absolute atomic E-state index is 12.8. The number of carbonyl (C=O) groups is 2. The predicted octanol–water partition coefficient (Wildman–Crippen LogP) is 3.37. The zero-order valence-electron chi connectivity index (χ0n) is 18.6. The first-order valence-electron chi connectivity index (χ1n) is 10.5. The van der Waals surface area contributed by atoms with E-state index in [1.54, 1.807) is 42.5 Å². The van der Waals surface area contributed by atoms with Gasteiger partial charge in [-0.3, -0.25) is 13.9 Å². The van der Waals surface area contributed by atoms with Gasteiger partial charge in [0, 0.05) is 6.54 Å². The van der Waals surface area contributed by atoms with Crippen molar-refractivity contribution < 1.29 is 18.0 Å². The molecule has 2 amide bonds. The summed E-state index contributed by atoms with van der Waals surface area (Å²) in [4.78, 5) is 25.5. The summed E-state index contributed by atoms with van der Waals surface area (Å²) in [6.07, 6.45) is 1.73. The van der Waals surface area contributed by atoms with Gasteiger partial charge in [-0.05, 0) is 48.7 Å². The van der Waals surface area contributed by atoms with Gasteiger partial charge < -0.3 is 10.6 Å². The van der Waals surface area contributed by atoms with Crippen LogP contribution in [-0.4, -0.2) is 39.6 Å². The van der Waals surface area contributed by atoms with Gasteiger partial charge in [0.05, 0.1) is 23.2 Å². The predicted molar refractivity (Wildman–Crippen MR) is 131 cm³/mol. The standard InChI is InChI=1S/C25H27N3O4S/c1-19-9-8-12-21(17-19)28(33(2,31)32)18-24(29)27-23-14-7-6-13-22(23)25(30)26-16-15-20-10-4-3-5-11-20/h3-14,17H,15-16,18H2,1-2H3,(H,26,30)(H,27,29). The van der Waals surface area contributed by atoms with E-state index < -0.39 is 22.5 Å². The number of amides is 2. The fourth-order valence-electron chi connectivity index (χ4n) is 3.35. The zero-order valence-corrected chi connectivity index (χ0v) is 19.4. The van der Waals surface area contributed by atoms with Gasteiger partial charge in [-0.1, -0.05) is 54.6 Å². The Bertz CT molecular complexity index is 1230. The molecule has 7 nitrogen and oxygen atoms in total. The summed E-state index contributed by atoms with van der Waals surface area (Å²) in [6.45, 7) is 1.88. The molecule has 0 aromatic heterocycles. The van der Waals surface area contributed by atoms with Crippen LogP contribution in [0, 0.1) is 6.92 Å². The number of nitrogens with zero attached hydrogens (tertiary/aromatic N) is 1. The van der Waals surface area contributed by atoms with Gasteiger partial charge in [0.25, 0.3) is 5.91 Å². The second-order valence-electron chi connectivity index (χ2n) is 7.69. The molecule has 0 heterocycles. The summed E-state index contributed by atoms with van der Waals surface area (Å²) in [5, 5.41) is 5.54. The highest BCUT2D eigenvalue weighted by atomic mass is 32.2. The highest BCUT2D eigenvalue weighted by Gasteiger charge is 2.22. The van der Waals surface area contributed by atoms with Crippen molar-refractivity contribution in [2.75, 3.05) is 29.0 Å². The van der Waals surface area contributed by atoms with Gasteiger partial charge >= 0.3 is 0 Å². The third kappa shape index (κ3) is 6.92. The lowest BCUT2D eigenvalue weighted by molar-refractivity contribution is -0.114. The molecule has 0 aliphatic carbocycles. The summed E-state index contributed by atoms with van der Waals surface area (Å²) in [6, 6.07) is 23.3. The van der Waals surface area contributed by atoms with Crippen molar-refractivity contribution >= 4 is 33.2 Å². The Hall–Kier alpha value is -3.65. The summed E-state index contributed by atoms with van der Waals surface area (Å²) in [5.41, 5.74) is 3.01. The molecule has 0 saturated carbocycles. The summed E-state index contributed by atoms with van der Waals surface area (Å²) >= 11 is 0. The van der Waals surface area contributed by atoms with E-state index in [0.717, 1.165) is 21.7 Å². The minimum Gasteiger partial charge on any atom is -0.352 e. The van der Waals surface area contributed by atoms with Gasteiger partial charge in [0.1, 0.15) is 6.54 Å². The zero-order chi connectivity index (χ0) is 23.8. The molecular weight excluding hydrogens is 438 g/mol. The van der Waals surface area contributed by atoms with Crippen LogP contribution in [0.15, 0.2) is 78.9 Å². The Morgan fingerprint density at radius 3 is 2.30 bits per heavy atom. The second-order valence-corrected chi connectivity index (χ2v) is 9.60. The van der Waals surface area contributed by atoms with Crippen LogP contribution in [0.2, 0.25) is 0 Å². The summed E-state index contributed by atoms with van der Waals surface area (Å²) in [5.74, 6) is -0.869. The number of aryl methyl sites for hydroxylation is 1. The Morgan fingerprint density at radius 1 is 0.909 bits per heavy atom. The van der Waals surface area contributed by atoms with Crippen molar-refractivity contribution in [1.82, 2.24) is 5.32 Å². The molecule has 2 N–H and O–H groups in total. The van der Waals surface area contributed by atoms with Gasteiger partial charge in [0.15, 0.2) is 0 Å². The molecule has 3 rings (SSSR count). The highest BCUT2D eigenvalue weighted by Crippen LogP contribution is 2.20. The number of hydrogen-bond acceptors (Lipinski definition) is 4. The van der Waals surface area contributed by atoms with Gasteiger partial charge in [0.2, 0.25) is 15.9 Å². The minimum atomic E-state index is -3.69. The Kier molecular flexibility index (Phi) is 7.84. The van der Waals surface area contributed by atoms with Crippen LogP contribution in [0.4, 0.5) is 11.4 Å². The molecule has 0 fully saturated rings. The molecule has 0 aliphatic heterocycles. The molecule has 0 bridgehead atoms. The van der Waals surface area contributed by atoms with Crippen molar-refractivity contribution in [2.45, 2.75) is 13.3 Å². The monoisotopic (exact) mass is 465 g/mol. The maximum Gasteiger partial charge on any atom is 0.253 e. The van der Waals surface area contributed by atoms with Crippen LogP contribution in [0.5, 0.6) is 0 Å². The number of sulfonamides is 1. The number of rotatable bonds is 9. The van der Waals surface area contributed by atoms with E-state index in [-0.39, 0.29) is 5.91 Å². The summed E-state index contributed by atoms with van der Waals surface area (Å²) in [7, 11) is -3.69. The van der Waals surface area contributed by atoms with E-state index in [1.165, 1.54) is 0 Å². The fraction of sp³-hybridized carbons (Fsp3) is 0.200. The molecule has 172 valence electrons. The van der Waals surface area contributed by atoms with E-state index >= 15 is 0 Å². The number of carbonyl (C=O) groups excluding carboxylic acids is 2. The van der Waals surface area contributed by atoms with E-state index in [2.05, 4.69) is 10.6 Å². The lowest BCUT2D eigenvalue weighted by Gasteiger charge is -2.22. The molecule has 3 aromatic rings. The lowest BCUT2D eigenvalue weighted by atomic mass is 10.1. The molecule has 0 spiro atoms.